The largest absolute Gasteiger partial charge is 0.496 e. The predicted octanol–water partition coefficient (Wildman–Crippen LogP) is 4.59. The molecule has 5 aromatic rings. The second-order valence-corrected chi connectivity index (χ2v) is 13.4. The first kappa shape index (κ1) is 29.3. The van der Waals surface area contributed by atoms with Gasteiger partial charge in [-0.25, -0.2) is 9.78 Å². The number of carbonyl (C=O) groups excluding carboxylic acids is 1. The lowest BCUT2D eigenvalue weighted by atomic mass is 9.77. The normalized spacial score (nSPS) is 18.3. The number of fused-ring (bicyclic) bond motifs is 4. The van der Waals surface area contributed by atoms with Gasteiger partial charge in [0, 0.05) is 75.2 Å². The summed E-state index contributed by atoms with van der Waals surface area (Å²) in [5.41, 5.74) is 7.96. The fourth-order valence-electron chi connectivity index (χ4n) is 8.31. The van der Waals surface area contributed by atoms with Crippen molar-refractivity contribution < 1.29 is 14.5 Å². The van der Waals surface area contributed by atoms with Gasteiger partial charge in [0.1, 0.15) is 17.1 Å². The number of carbonyl (C=O) groups is 1. The Morgan fingerprint density at radius 1 is 1.21 bits per heavy atom. The fraction of sp³-hybridized carbons (Fsp3) is 0.455. The number of aryl methyl sites for hydroxylation is 1. The molecule has 47 heavy (non-hydrogen) atoms. The van der Waals surface area contributed by atoms with Crippen LogP contribution in [0.4, 0.5) is 22.2 Å². The number of benzene rings is 1. The summed E-state index contributed by atoms with van der Waals surface area (Å²) in [6, 6.07) is 8.45. The van der Waals surface area contributed by atoms with Gasteiger partial charge in [0.2, 0.25) is 6.33 Å². The number of pyridine rings is 1. The molecule has 8 rings (SSSR count). The van der Waals surface area contributed by atoms with Crippen LogP contribution < -0.4 is 14.5 Å². The highest BCUT2D eigenvalue weighted by molar-refractivity contribution is 6.05. The van der Waals surface area contributed by atoms with Crippen molar-refractivity contribution in [1.29, 1.82) is 0 Å². The Labute approximate surface area is 271 Å². The Morgan fingerprint density at radius 2 is 2.04 bits per heavy atom. The molecule has 1 amide bonds. The molecule has 6 heterocycles. The number of hydrogen-bond acceptors (Lipinski definition) is 9. The molecular weight excluding hydrogens is 600 g/mol. The third-order valence-corrected chi connectivity index (χ3v) is 10.5. The minimum atomic E-state index is -0.693. The number of likely N-dealkylation sites (tertiary alicyclic amines) is 1. The number of rotatable bonds is 6. The fourth-order valence-corrected chi connectivity index (χ4v) is 8.31. The summed E-state index contributed by atoms with van der Waals surface area (Å²) in [4.78, 5) is 38.1. The molecule has 0 bridgehead atoms. The first-order chi connectivity index (χ1) is 22.7. The summed E-state index contributed by atoms with van der Waals surface area (Å²) in [5.74, 6) is 1.97. The Bertz CT molecular complexity index is 2050. The van der Waals surface area contributed by atoms with Gasteiger partial charge in [0.05, 0.1) is 35.7 Å². The molecule has 14 nitrogen and oxygen atoms in total. The van der Waals surface area contributed by atoms with Crippen molar-refractivity contribution in [2.24, 2.45) is 18.4 Å². The minimum Gasteiger partial charge on any atom is -0.496 e. The van der Waals surface area contributed by atoms with E-state index in [9.17, 15) is 14.9 Å². The highest BCUT2D eigenvalue weighted by atomic mass is 16.6. The maximum absolute atomic E-state index is 12.9. The third kappa shape index (κ3) is 4.52. The van der Waals surface area contributed by atoms with Crippen LogP contribution >= 0.6 is 0 Å². The Morgan fingerprint density at radius 3 is 2.79 bits per heavy atom. The zero-order chi connectivity index (χ0) is 32.6. The first-order valence-electron chi connectivity index (χ1n) is 16.2. The molecule has 2 aliphatic heterocycles. The van der Waals surface area contributed by atoms with Crippen molar-refractivity contribution in [2.45, 2.75) is 32.6 Å². The number of imidazole rings is 1. The number of amides is 1. The van der Waals surface area contributed by atoms with Crippen LogP contribution in [0, 0.1) is 21.4 Å². The number of methoxy groups -OCH3 is 1. The Kier molecular flexibility index (Phi) is 6.67. The van der Waals surface area contributed by atoms with E-state index in [1.807, 2.05) is 17.9 Å². The van der Waals surface area contributed by atoms with Gasteiger partial charge in [0.15, 0.2) is 0 Å². The minimum absolute atomic E-state index is 0.0895. The summed E-state index contributed by atoms with van der Waals surface area (Å²) in [7, 11) is 5.91. The molecule has 2 fully saturated rings. The van der Waals surface area contributed by atoms with Crippen LogP contribution in [0.3, 0.4) is 0 Å². The smallest absolute Gasteiger partial charge is 0.491 e. The second kappa shape index (κ2) is 10.7. The van der Waals surface area contributed by atoms with Crippen LogP contribution in [0.5, 0.6) is 5.75 Å². The summed E-state index contributed by atoms with van der Waals surface area (Å²) in [5, 5.41) is 14.7. The molecule has 1 atom stereocenters. The third-order valence-electron chi connectivity index (χ3n) is 10.5. The molecule has 1 saturated carbocycles. The van der Waals surface area contributed by atoms with E-state index in [-0.39, 0.29) is 11.4 Å². The number of aromatic nitrogens is 6. The molecule has 4 aromatic heterocycles. The van der Waals surface area contributed by atoms with E-state index in [0.717, 1.165) is 89.9 Å². The number of anilines is 2. The van der Waals surface area contributed by atoms with E-state index >= 15 is 0 Å². The summed E-state index contributed by atoms with van der Waals surface area (Å²) < 4.78 is 11.4. The van der Waals surface area contributed by atoms with E-state index in [0.29, 0.717) is 19.0 Å². The van der Waals surface area contributed by atoms with Crippen LogP contribution in [0.1, 0.15) is 31.7 Å². The molecule has 1 unspecified atom stereocenters. The van der Waals surface area contributed by atoms with Crippen LogP contribution in [0.15, 0.2) is 43.1 Å². The summed E-state index contributed by atoms with van der Waals surface area (Å²) in [6.07, 6.45) is 9.28. The van der Waals surface area contributed by atoms with Gasteiger partial charge in [-0.2, -0.15) is 0 Å². The highest BCUT2D eigenvalue weighted by Crippen LogP contribution is 2.50. The van der Waals surface area contributed by atoms with Crippen molar-refractivity contribution in [2.75, 3.05) is 56.7 Å². The van der Waals surface area contributed by atoms with Crippen molar-refractivity contribution in [1.82, 2.24) is 33.6 Å². The number of hydrogen-bond donors (Lipinski definition) is 0. The second-order valence-electron chi connectivity index (χ2n) is 13.4. The van der Waals surface area contributed by atoms with Gasteiger partial charge < -0.3 is 38.5 Å². The number of nitro groups is 1. The summed E-state index contributed by atoms with van der Waals surface area (Å²) in [6.45, 7) is 6.17. The molecule has 3 aliphatic rings. The van der Waals surface area contributed by atoms with E-state index in [2.05, 4.69) is 68.7 Å². The quantitative estimate of drug-likeness (QED) is 0.194. The molecule has 14 heteroatoms. The maximum Gasteiger partial charge on any atom is 0.491 e. The van der Waals surface area contributed by atoms with Crippen LogP contribution in [0.25, 0.3) is 27.7 Å². The zero-order valence-corrected chi connectivity index (χ0v) is 27.1. The zero-order valence-electron chi connectivity index (χ0n) is 27.1. The summed E-state index contributed by atoms with van der Waals surface area (Å²) >= 11 is 0. The number of likely N-dealkylation sites (N-methyl/N-ethyl adjacent to an activating group) is 1. The van der Waals surface area contributed by atoms with Crippen LogP contribution in [-0.2, 0) is 13.5 Å². The standard InChI is InChI=1S/C33H38N10O4/c1-5-39(16-21-8-10-33(15-21)17-40(18-33)32(44)42-20-35-31(36-42)43(45)46)26-13-22-9-12-37(2)30-27(23-7-6-11-41(26)29(22)23)25(47-4)14-24-28(30)34-19-38(24)3/h6-7,11,13-14,19-21H,5,8-10,12,15-18H2,1-4H3. The molecule has 1 spiro atoms. The van der Waals surface area contributed by atoms with Crippen molar-refractivity contribution in [3.63, 3.8) is 0 Å². The van der Waals surface area contributed by atoms with Crippen molar-refractivity contribution in [3.8, 4) is 16.9 Å². The molecule has 1 aliphatic carbocycles. The highest BCUT2D eigenvalue weighted by Gasteiger charge is 2.50. The van der Waals surface area contributed by atoms with Crippen molar-refractivity contribution >= 4 is 40.0 Å². The van der Waals surface area contributed by atoms with E-state index in [1.54, 1.807) is 12.0 Å². The number of ether oxygens (including phenoxy) is 1. The molecule has 0 N–H and O–H groups in total. The van der Waals surface area contributed by atoms with Crippen molar-refractivity contribution in [3.05, 3.63) is 58.8 Å². The van der Waals surface area contributed by atoms with Gasteiger partial charge >= 0.3 is 12.0 Å². The Hall–Kier alpha value is -5.14. The average molecular weight is 639 g/mol. The Balaban J connectivity index is 1.07. The van der Waals surface area contributed by atoms with Gasteiger partial charge in [0.25, 0.3) is 0 Å². The van der Waals surface area contributed by atoms with E-state index in [1.165, 1.54) is 16.9 Å². The number of nitrogens with zero attached hydrogens (tertiary/aromatic N) is 10. The monoisotopic (exact) mass is 638 g/mol. The van der Waals surface area contributed by atoms with Gasteiger partial charge in [-0.1, -0.05) is 15.7 Å². The first-order valence-corrected chi connectivity index (χ1v) is 16.2. The molecule has 1 saturated heterocycles. The van der Waals surface area contributed by atoms with Crippen LogP contribution in [0.2, 0.25) is 0 Å². The molecule has 1 aromatic carbocycles. The van der Waals surface area contributed by atoms with E-state index in [4.69, 9.17) is 9.72 Å². The van der Waals surface area contributed by atoms with Gasteiger partial charge in [-0.3, -0.25) is 0 Å². The van der Waals surface area contributed by atoms with Gasteiger partial charge in [-0.05, 0) is 61.1 Å². The molecule has 0 radical (unpaired) electrons. The average Bonchev–Trinajstić information content (AvgIpc) is 3.85. The lowest BCUT2D eigenvalue weighted by molar-refractivity contribution is -0.394. The lowest BCUT2D eigenvalue weighted by Crippen LogP contribution is -2.58. The van der Waals surface area contributed by atoms with E-state index < -0.39 is 10.9 Å². The molecule has 244 valence electrons. The lowest BCUT2D eigenvalue weighted by Gasteiger charge is -2.47. The maximum atomic E-state index is 12.9. The van der Waals surface area contributed by atoms with Gasteiger partial charge in [-0.15, -0.1) is 0 Å². The SMILES string of the molecule is CCN(CC1CCC2(C1)CN(C(=O)n1cnc([N+](=O)[O-])n1)C2)c1cc2c3c(cccn13)-c1c(OC)cc3c(ncn3C)c1N(C)CC2. The predicted molar refractivity (Wildman–Crippen MR) is 177 cm³/mol. The molecular formula is C33H38N10O4. The van der Waals surface area contributed by atoms with Crippen LogP contribution in [-0.4, -0.2) is 91.5 Å². The topological polar surface area (TPSA) is 132 Å².